The number of carbonyl (C=O) groups excluding carboxylic acids is 3. The summed E-state index contributed by atoms with van der Waals surface area (Å²) in [5.41, 5.74) is 8.09. The molecule has 10 heteroatoms. The van der Waals surface area contributed by atoms with Crippen LogP contribution in [0.25, 0.3) is 5.69 Å². The van der Waals surface area contributed by atoms with E-state index in [0.717, 1.165) is 0 Å². The highest BCUT2D eigenvalue weighted by Gasteiger charge is 2.34. The van der Waals surface area contributed by atoms with Crippen LogP contribution in [0.3, 0.4) is 0 Å². The Hall–Kier alpha value is -4.18. The van der Waals surface area contributed by atoms with E-state index in [2.05, 4.69) is 10.4 Å². The Balaban J connectivity index is 1.69. The maximum Gasteiger partial charge on any atom is 0.277 e. The van der Waals surface area contributed by atoms with Gasteiger partial charge in [0, 0.05) is 23.5 Å². The highest BCUT2D eigenvalue weighted by Crippen LogP contribution is 2.29. The predicted octanol–water partition coefficient (Wildman–Crippen LogP) is 1.50. The molecule has 1 aromatic heterocycles. The number of aliphatic hydroxyl groups excluding tert-OH is 1. The zero-order valence-corrected chi connectivity index (χ0v) is 18.1. The van der Waals surface area contributed by atoms with E-state index in [1.807, 2.05) is 0 Å². The van der Waals surface area contributed by atoms with Gasteiger partial charge in [-0.15, -0.1) is 0 Å². The smallest absolute Gasteiger partial charge is 0.277 e. The Kier molecular flexibility index (Phi) is 5.84. The molecule has 3 amide bonds. The summed E-state index contributed by atoms with van der Waals surface area (Å²) in [7, 11) is 1.55. The van der Waals surface area contributed by atoms with Crippen molar-refractivity contribution in [3.05, 3.63) is 65.5 Å². The first kappa shape index (κ1) is 22.0. The highest BCUT2D eigenvalue weighted by molar-refractivity contribution is 6.09. The van der Waals surface area contributed by atoms with Crippen molar-refractivity contribution in [1.82, 2.24) is 9.78 Å². The van der Waals surface area contributed by atoms with Crippen LogP contribution in [-0.4, -0.2) is 52.4 Å². The molecule has 2 heterocycles. The number of nitrogens with two attached hydrogens (primary N) is 1. The SMILES string of the molecule is COc1ccc(-n2nc(C(N)=O)c3c2C(=O)N(c2ccc(NC(=O)C(C)O)cc2)CC3)cc1. The molecule has 170 valence electrons. The van der Waals surface area contributed by atoms with Crippen molar-refractivity contribution in [2.24, 2.45) is 5.73 Å². The average molecular weight is 449 g/mol. The summed E-state index contributed by atoms with van der Waals surface area (Å²) in [6.07, 6.45) is -0.736. The van der Waals surface area contributed by atoms with Gasteiger partial charge >= 0.3 is 0 Å². The summed E-state index contributed by atoms with van der Waals surface area (Å²) in [6, 6.07) is 13.6. The second kappa shape index (κ2) is 8.75. The van der Waals surface area contributed by atoms with Gasteiger partial charge in [-0.05, 0) is 61.9 Å². The number of anilines is 2. The van der Waals surface area contributed by atoms with Gasteiger partial charge < -0.3 is 25.8 Å². The van der Waals surface area contributed by atoms with Crippen molar-refractivity contribution in [3.63, 3.8) is 0 Å². The minimum absolute atomic E-state index is 0.0741. The van der Waals surface area contributed by atoms with Crippen molar-refractivity contribution < 1.29 is 24.2 Å². The van der Waals surface area contributed by atoms with Gasteiger partial charge in [0.05, 0.1) is 12.8 Å². The molecule has 1 unspecified atom stereocenters. The lowest BCUT2D eigenvalue weighted by Crippen LogP contribution is -2.39. The fourth-order valence-electron chi connectivity index (χ4n) is 3.69. The lowest BCUT2D eigenvalue weighted by atomic mass is 10.0. The van der Waals surface area contributed by atoms with Crippen LogP contribution in [0.4, 0.5) is 11.4 Å². The van der Waals surface area contributed by atoms with E-state index in [9.17, 15) is 19.5 Å². The van der Waals surface area contributed by atoms with Gasteiger partial charge in [0.25, 0.3) is 17.7 Å². The fraction of sp³-hybridized carbons (Fsp3) is 0.217. The van der Waals surface area contributed by atoms with E-state index in [0.29, 0.717) is 41.3 Å². The van der Waals surface area contributed by atoms with Crippen LogP contribution in [0.15, 0.2) is 48.5 Å². The number of benzene rings is 2. The van der Waals surface area contributed by atoms with Gasteiger partial charge in [0.1, 0.15) is 17.5 Å². The first-order valence-corrected chi connectivity index (χ1v) is 10.3. The van der Waals surface area contributed by atoms with Gasteiger partial charge in [-0.3, -0.25) is 14.4 Å². The number of nitrogens with one attached hydrogen (secondary N) is 1. The predicted molar refractivity (Wildman–Crippen MR) is 121 cm³/mol. The molecule has 0 radical (unpaired) electrons. The molecule has 1 aliphatic rings. The normalized spacial score (nSPS) is 13.9. The largest absolute Gasteiger partial charge is 0.497 e. The van der Waals surface area contributed by atoms with Crippen LogP contribution in [0.2, 0.25) is 0 Å². The van der Waals surface area contributed by atoms with Gasteiger partial charge in [0.2, 0.25) is 0 Å². The van der Waals surface area contributed by atoms with E-state index >= 15 is 0 Å². The summed E-state index contributed by atoms with van der Waals surface area (Å²) in [4.78, 5) is 38.8. The number of amides is 3. The minimum Gasteiger partial charge on any atom is -0.497 e. The molecule has 10 nitrogen and oxygen atoms in total. The number of aliphatic hydroxyl groups is 1. The summed E-state index contributed by atoms with van der Waals surface area (Å²) in [5, 5.41) is 16.3. The Labute approximate surface area is 189 Å². The van der Waals surface area contributed by atoms with Gasteiger partial charge in [-0.25, -0.2) is 4.68 Å². The Bertz CT molecular complexity index is 1220. The first-order chi connectivity index (χ1) is 15.8. The summed E-state index contributed by atoms with van der Waals surface area (Å²) in [6.45, 7) is 1.71. The van der Waals surface area contributed by atoms with Crippen LogP contribution in [0.1, 0.15) is 33.5 Å². The molecule has 0 spiro atoms. The molecule has 2 aromatic carbocycles. The molecule has 0 aliphatic carbocycles. The number of rotatable bonds is 6. The van der Waals surface area contributed by atoms with Gasteiger partial charge in [-0.2, -0.15) is 5.10 Å². The zero-order valence-electron chi connectivity index (χ0n) is 18.1. The third-order valence-corrected chi connectivity index (χ3v) is 5.39. The molecule has 0 fully saturated rings. The van der Waals surface area contributed by atoms with Crippen LogP contribution in [0.5, 0.6) is 5.75 Å². The molecule has 33 heavy (non-hydrogen) atoms. The molecule has 1 aliphatic heterocycles. The Morgan fingerprint density at radius 1 is 1.12 bits per heavy atom. The lowest BCUT2D eigenvalue weighted by Gasteiger charge is -2.28. The molecule has 0 bridgehead atoms. The molecule has 3 aromatic rings. The van der Waals surface area contributed by atoms with E-state index in [1.165, 1.54) is 11.6 Å². The van der Waals surface area contributed by atoms with E-state index in [-0.39, 0.29) is 17.3 Å². The Morgan fingerprint density at radius 2 is 1.76 bits per heavy atom. The topological polar surface area (TPSA) is 140 Å². The highest BCUT2D eigenvalue weighted by atomic mass is 16.5. The second-order valence-electron chi connectivity index (χ2n) is 7.57. The molecule has 0 saturated carbocycles. The standard InChI is InChI=1S/C23H23N5O5/c1-13(29)22(31)25-14-3-5-15(6-4-14)27-12-11-18-19(21(24)30)26-28(20(18)23(27)32)16-7-9-17(33-2)10-8-16/h3-10,13,29H,11-12H2,1-2H3,(H2,24,30)(H,25,31). The first-order valence-electron chi connectivity index (χ1n) is 10.3. The van der Waals surface area contributed by atoms with Crippen LogP contribution in [-0.2, 0) is 11.2 Å². The number of nitrogens with zero attached hydrogens (tertiary/aromatic N) is 3. The van der Waals surface area contributed by atoms with Crippen LogP contribution < -0.4 is 20.7 Å². The zero-order chi connectivity index (χ0) is 23.7. The maximum atomic E-state index is 13.5. The van der Waals surface area contributed by atoms with E-state index in [4.69, 9.17) is 10.5 Å². The number of carbonyl (C=O) groups is 3. The monoisotopic (exact) mass is 449 g/mol. The van der Waals surface area contributed by atoms with E-state index < -0.39 is 17.9 Å². The molecule has 4 rings (SSSR count). The van der Waals surface area contributed by atoms with Crippen molar-refractivity contribution in [3.8, 4) is 11.4 Å². The molecule has 0 saturated heterocycles. The van der Waals surface area contributed by atoms with Gasteiger partial charge in [0.15, 0.2) is 5.69 Å². The third-order valence-electron chi connectivity index (χ3n) is 5.39. The number of primary amides is 1. The minimum atomic E-state index is -1.13. The number of aromatic nitrogens is 2. The lowest BCUT2D eigenvalue weighted by molar-refractivity contribution is -0.123. The maximum absolute atomic E-state index is 13.5. The van der Waals surface area contributed by atoms with Crippen molar-refractivity contribution in [2.45, 2.75) is 19.4 Å². The summed E-state index contributed by atoms with van der Waals surface area (Å²) < 4.78 is 6.62. The number of methoxy groups -OCH3 is 1. The second-order valence-corrected chi connectivity index (χ2v) is 7.57. The molecular formula is C23H23N5O5. The molecular weight excluding hydrogens is 426 g/mol. The molecule has 4 N–H and O–H groups in total. The fourth-order valence-corrected chi connectivity index (χ4v) is 3.69. The van der Waals surface area contributed by atoms with E-state index in [1.54, 1.807) is 60.5 Å². The van der Waals surface area contributed by atoms with Crippen molar-refractivity contribution in [2.75, 3.05) is 23.9 Å². The Morgan fingerprint density at radius 3 is 2.33 bits per heavy atom. The molecule has 1 atom stereocenters. The van der Waals surface area contributed by atoms with Crippen molar-refractivity contribution >= 4 is 29.1 Å². The number of fused-ring (bicyclic) bond motifs is 1. The van der Waals surface area contributed by atoms with Crippen molar-refractivity contribution in [1.29, 1.82) is 0 Å². The van der Waals surface area contributed by atoms with Gasteiger partial charge in [-0.1, -0.05) is 0 Å². The number of hydrogen-bond donors (Lipinski definition) is 3. The third kappa shape index (κ3) is 4.15. The number of ether oxygens (including phenoxy) is 1. The summed E-state index contributed by atoms with van der Waals surface area (Å²) >= 11 is 0. The average Bonchev–Trinajstić information content (AvgIpc) is 3.21. The summed E-state index contributed by atoms with van der Waals surface area (Å²) in [5.74, 6) is -0.903. The quantitative estimate of drug-likeness (QED) is 0.521. The number of hydrogen-bond acceptors (Lipinski definition) is 6. The van der Waals surface area contributed by atoms with Crippen LogP contribution in [0, 0.1) is 0 Å². The van der Waals surface area contributed by atoms with Crippen LogP contribution >= 0.6 is 0 Å².